The molecule has 0 radical (unpaired) electrons. The van der Waals surface area contributed by atoms with Crippen LogP contribution in [0.4, 0.5) is 0 Å². The summed E-state index contributed by atoms with van der Waals surface area (Å²) in [5.41, 5.74) is 4.93. The standard InChI is InChI=1S/C8H20NO2P/c1-6(2)8(5,7(3)4)11-12(9)10/h6-7,10H,9H2,1-5H3. The lowest BCUT2D eigenvalue weighted by Gasteiger charge is -2.37. The van der Waals surface area contributed by atoms with E-state index in [0.717, 1.165) is 0 Å². The number of rotatable bonds is 4. The maximum atomic E-state index is 9.01. The van der Waals surface area contributed by atoms with Crippen LogP contribution in [0.1, 0.15) is 34.6 Å². The fraction of sp³-hybridized carbons (Fsp3) is 1.00. The van der Waals surface area contributed by atoms with Gasteiger partial charge in [-0.25, -0.2) is 0 Å². The summed E-state index contributed by atoms with van der Waals surface area (Å²) in [5, 5.41) is 0. The number of nitrogens with two attached hydrogens (primary N) is 1. The minimum absolute atomic E-state index is 0.324. The molecule has 0 aliphatic heterocycles. The smallest absolute Gasteiger partial charge is 0.250 e. The summed E-state index contributed by atoms with van der Waals surface area (Å²) >= 11 is 0. The van der Waals surface area contributed by atoms with Gasteiger partial charge >= 0.3 is 0 Å². The van der Waals surface area contributed by atoms with Crippen molar-refractivity contribution in [2.24, 2.45) is 17.3 Å². The van der Waals surface area contributed by atoms with Crippen LogP contribution in [0, 0.1) is 11.8 Å². The van der Waals surface area contributed by atoms with Gasteiger partial charge in [0.15, 0.2) is 0 Å². The van der Waals surface area contributed by atoms with Gasteiger partial charge in [0.2, 0.25) is 0 Å². The highest BCUT2D eigenvalue weighted by molar-refractivity contribution is 7.43. The van der Waals surface area contributed by atoms with Crippen LogP contribution in [0.25, 0.3) is 0 Å². The fourth-order valence-electron chi connectivity index (χ4n) is 1.08. The van der Waals surface area contributed by atoms with Crippen LogP contribution in [0.5, 0.6) is 0 Å². The highest BCUT2D eigenvalue weighted by atomic mass is 31.2. The van der Waals surface area contributed by atoms with E-state index in [1.807, 2.05) is 6.92 Å². The Labute approximate surface area is 76.3 Å². The van der Waals surface area contributed by atoms with E-state index in [2.05, 4.69) is 27.7 Å². The van der Waals surface area contributed by atoms with Crippen molar-refractivity contribution in [2.75, 3.05) is 0 Å². The molecular weight excluding hydrogens is 173 g/mol. The topological polar surface area (TPSA) is 55.5 Å². The number of hydrogen-bond acceptors (Lipinski definition) is 3. The van der Waals surface area contributed by atoms with Gasteiger partial charge in [-0.3, -0.25) is 5.50 Å². The molecule has 0 aromatic carbocycles. The van der Waals surface area contributed by atoms with E-state index in [1.54, 1.807) is 0 Å². The fourth-order valence-corrected chi connectivity index (χ4v) is 1.90. The molecule has 0 aromatic rings. The van der Waals surface area contributed by atoms with Gasteiger partial charge in [-0.15, -0.1) is 0 Å². The molecule has 0 saturated heterocycles. The van der Waals surface area contributed by atoms with Crippen molar-refractivity contribution in [3.05, 3.63) is 0 Å². The van der Waals surface area contributed by atoms with E-state index in [0.29, 0.717) is 11.8 Å². The molecule has 0 saturated carbocycles. The van der Waals surface area contributed by atoms with Gasteiger partial charge in [-0.05, 0) is 18.8 Å². The molecule has 0 fully saturated rings. The maximum Gasteiger partial charge on any atom is 0.250 e. The monoisotopic (exact) mass is 193 g/mol. The lowest BCUT2D eigenvalue weighted by Crippen LogP contribution is -2.39. The zero-order valence-corrected chi connectivity index (χ0v) is 9.43. The average Bonchev–Trinajstić information content (AvgIpc) is 1.84. The summed E-state index contributed by atoms with van der Waals surface area (Å²) in [7, 11) is -1.75. The number of hydrogen-bond donors (Lipinski definition) is 2. The molecule has 0 spiro atoms. The molecule has 0 aromatic heterocycles. The SMILES string of the molecule is CC(C)C(C)(OP(N)O)C(C)C. The van der Waals surface area contributed by atoms with Crippen LogP contribution >= 0.6 is 8.53 Å². The van der Waals surface area contributed by atoms with Gasteiger partial charge in [0.05, 0.1) is 5.60 Å². The molecule has 1 atom stereocenters. The summed E-state index contributed by atoms with van der Waals surface area (Å²) in [4.78, 5) is 9.01. The first-order valence-corrected chi connectivity index (χ1v) is 5.51. The van der Waals surface area contributed by atoms with Crippen molar-refractivity contribution in [3.8, 4) is 0 Å². The van der Waals surface area contributed by atoms with E-state index in [-0.39, 0.29) is 5.60 Å². The van der Waals surface area contributed by atoms with Gasteiger partial charge in [0, 0.05) is 0 Å². The Morgan fingerprint density at radius 3 is 1.67 bits per heavy atom. The van der Waals surface area contributed by atoms with Crippen LogP contribution < -0.4 is 5.50 Å². The lowest BCUT2D eigenvalue weighted by atomic mass is 9.82. The predicted molar refractivity (Wildman–Crippen MR) is 52.5 cm³/mol. The molecule has 0 rings (SSSR count). The van der Waals surface area contributed by atoms with Crippen molar-refractivity contribution in [3.63, 3.8) is 0 Å². The summed E-state index contributed by atoms with van der Waals surface area (Å²) in [5.74, 6) is 0.691. The van der Waals surface area contributed by atoms with Crippen molar-refractivity contribution in [2.45, 2.75) is 40.2 Å². The first kappa shape index (κ1) is 12.3. The molecule has 3 N–H and O–H groups in total. The molecule has 0 bridgehead atoms. The largest absolute Gasteiger partial charge is 0.338 e. The third-order valence-electron chi connectivity index (χ3n) is 2.58. The normalized spacial score (nSPS) is 15.8. The maximum absolute atomic E-state index is 9.01. The minimum Gasteiger partial charge on any atom is -0.338 e. The van der Waals surface area contributed by atoms with E-state index < -0.39 is 8.53 Å². The Kier molecular flexibility index (Phi) is 4.64. The second-order valence-electron chi connectivity index (χ2n) is 3.89. The van der Waals surface area contributed by atoms with Gasteiger partial charge in [-0.2, -0.15) is 0 Å². The second-order valence-corrected chi connectivity index (χ2v) is 4.67. The van der Waals surface area contributed by atoms with Gasteiger partial charge in [0.1, 0.15) is 0 Å². The molecule has 0 amide bonds. The summed E-state index contributed by atoms with van der Waals surface area (Å²) in [6, 6.07) is 0. The first-order valence-electron chi connectivity index (χ1n) is 4.23. The quantitative estimate of drug-likeness (QED) is 0.673. The molecule has 0 aliphatic rings. The second kappa shape index (κ2) is 4.52. The minimum atomic E-state index is -1.75. The predicted octanol–water partition coefficient (Wildman–Crippen LogP) is 2.25. The van der Waals surface area contributed by atoms with E-state index in [1.165, 1.54) is 0 Å². The van der Waals surface area contributed by atoms with Crippen molar-refractivity contribution < 1.29 is 9.42 Å². The van der Waals surface area contributed by atoms with Gasteiger partial charge in [0.25, 0.3) is 8.53 Å². The Hall–Kier alpha value is 0.310. The third-order valence-corrected chi connectivity index (χ3v) is 3.16. The third kappa shape index (κ3) is 2.98. The average molecular weight is 193 g/mol. The van der Waals surface area contributed by atoms with Crippen LogP contribution in [0.2, 0.25) is 0 Å². The first-order chi connectivity index (χ1) is 5.30. The van der Waals surface area contributed by atoms with Gasteiger partial charge < -0.3 is 9.42 Å². The van der Waals surface area contributed by atoms with Crippen LogP contribution in [0.3, 0.4) is 0 Å². The molecular formula is C8H20NO2P. The molecule has 1 unspecified atom stereocenters. The molecule has 12 heavy (non-hydrogen) atoms. The Morgan fingerprint density at radius 1 is 1.25 bits per heavy atom. The van der Waals surface area contributed by atoms with Crippen molar-refractivity contribution >= 4 is 8.53 Å². The molecule has 74 valence electrons. The van der Waals surface area contributed by atoms with E-state index in [4.69, 9.17) is 14.9 Å². The van der Waals surface area contributed by atoms with Crippen molar-refractivity contribution in [1.82, 2.24) is 0 Å². The highest BCUT2D eigenvalue weighted by Gasteiger charge is 2.34. The van der Waals surface area contributed by atoms with Crippen LogP contribution in [0.15, 0.2) is 0 Å². The Balaban J connectivity index is 4.40. The molecule has 4 heteroatoms. The molecule has 0 aliphatic carbocycles. The summed E-state index contributed by atoms with van der Waals surface area (Å²) < 4.78 is 5.36. The van der Waals surface area contributed by atoms with Crippen LogP contribution in [-0.2, 0) is 4.52 Å². The summed E-state index contributed by atoms with van der Waals surface area (Å²) in [6.45, 7) is 10.3. The van der Waals surface area contributed by atoms with E-state index >= 15 is 0 Å². The Morgan fingerprint density at radius 2 is 1.58 bits per heavy atom. The molecule has 0 heterocycles. The Bertz CT molecular complexity index is 129. The van der Waals surface area contributed by atoms with Crippen LogP contribution in [-0.4, -0.2) is 10.5 Å². The highest BCUT2D eigenvalue weighted by Crippen LogP contribution is 2.39. The summed E-state index contributed by atoms with van der Waals surface area (Å²) in [6.07, 6.45) is 0. The molecule has 3 nitrogen and oxygen atoms in total. The zero-order chi connectivity index (χ0) is 9.94. The zero-order valence-electron chi connectivity index (χ0n) is 8.53. The van der Waals surface area contributed by atoms with Crippen molar-refractivity contribution in [1.29, 1.82) is 0 Å². The van der Waals surface area contributed by atoms with E-state index in [9.17, 15) is 0 Å². The lowest BCUT2D eigenvalue weighted by molar-refractivity contribution is -0.00149. The van der Waals surface area contributed by atoms with Gasteiger partial charge in [-0.1, -0.05) is 27.7 Å².